The summed E-state index contributed by atoms with van der Waals surface area (Å²) in [5, 5.41) is 13.6. The van der Waals surface area contributed by atoms with Gasteiger partial charge in [-0.2, -0.15) is 9.61 Å². The lowest BCUT2D eigenvalue weighted by molar-refractivity contribution is 0.617. The Morgan fingerprint density at radius 2 is 1.76 bits per heavy atom. The molecule has 0 atom stereocenters. The van der Waals surface area contributed by atoms with E-state index in [1.807, 2.05) is 42.5 Å². The van der Waals surface area contributed by atoms with E-state index in [1.54, 1.807) is 16.6 Å². The molecule has 2 aromatic heterocycles. The van der Waals surface area contributed by atoms with Gasteiger partial charge in [-0.05, 0) is 35.9 Å². The smallest absolute Gasteiger partial charge is 0.207 e. The second-order valence-electron chi connectivity index (χ2n) is 5.36. The van der Waals surface area contributed by atoms with Crippen molar-refractivity contribution in [3.63, 3.8) is 0 Å². The van der Waals surface area contributed by atoms with E-state index < -0.39 is 0 Å². The van der Waals surface area contributed by atoms with Crippen molar-refractivity contribution in [1.29, 1.82) is 0 Å². The third kappa shape index (κ3) is 3.43. The summed E-state index contributed by atoms with van der Waals surface area (Å²) < 4.78 is 16.5. The first-order valence-corrected chi connectivity index (χ1v) is 9.33. The number of rotatable bonds is 4. The second-order valence-corrected chi connectivity index (χ2v) is 7.22. The Morgan fingerprint density at radius 1 is 0.960 bits per heavy atom. The average Bonchev–Trinajstić information content (AvgIpc) is 3.04. The zero-order valence-electron chi connectivity index (χ0n) is 12.9. The highest BCUT2D eigenvalue weighted by atomic mass is 79.9. The number of fused-ring (bicyclic) bond motifs is 1. The van der Waals surface area contributed by atoms with Crippen LogP contribution in [-0.4, -0.2) is 19.8 Å². The number of thioether (sulfide) groups is 1. The summed E-state index contributed by atoms with van der Waals surface area (Å²) in [5.74, 6) is 0.254. The van der Waals surface area contributed by atoms with Crippen molar-refractivity contribution in [2.75, 3.05) is 0 Å². The van der Waals surface area contributed by atoms with Gasteiger partial charge in [0.15, 0.2) is 5.65 Å². The van der Waals surface area contributed by atoms with Crippen molar-refractivity contribution in [1.82, 2.24) is 19.8 Å². The summed E-state index contributed by atoms with van der Waals surface area (Å²) in [5.41, 5.74) is 3.13. The van der Waals surface area contributed by atoms with Crippen molar-refractivity contribution in [3.8, 4) is 11.3 Å². The number of hydrogen-bond donors (Lipinski definition) is 0. The molecule has 0 bridgehead atoms. The lowest BCUT2D eigenvalue weighted by atomic mass is 10.1. The van der Waals surface area contributed by atoms with Gasteiger partial charge in [0.2, 0.25) is 5.16 Å². The lowest BCUT2D eigenvalue weighted by Crippen LogP contribution is -1.97. The van der Waals surface area contributed by atoms with Crippen molar-refractivity contribution in [2.24, 2.45) is 0 Å². The van der Waals surface area contributed by atoms with Gasteiger partial charge in [0.25, 0.3) is 0 Å². The summed E-state index contributed by atoms with van der Waals surface area (Å²) in [4.78, 5) is 0. The van der Waals surface area contributed by atoms with Crippen LogP contribution < -0.4 is 0 Å². The molecule has 0 aliphatic heterocycles. The molecule has 0 saturated heterocycles. The molecular weight excluding hydrogens is 403 g/mol. The fourth-order valence-corrected chi connectivity index (χ4v) is 3.53. The highest BCUT2D eigenvalue weighted by Gasteiger charge is 2.11. The van der Waals surface area contributed by atoms with Gasteiger partial charge in [0, 0.05) is 15.8 Å². The van der Waals surface area contributed by atoms with Gasteiger partial charge >= 0.3 is 0 Å². The topological polar surface area (TPSA) is 43.1 Å². The largest absolute Gasteiger partial charge is 0.212 e. The molecule has 0 aliphatic rings. The maximum absolute atomic E-state index is 13.8. The van der Waals surface area contributed by atoms with E-state index in [2.05, 4.69) is 31.2 Å². The molecule has 0 radical (unpaired) electrons. The third-order valence-corrected chi connectivity index (χ3v) is 5.19. The van der Waals surface area contributed by atoms with E-state index in [-0.39, 0.29) is 5.82 Å². The quantitative estimate of drug-likeness (QED) is 0.441. The van der Waals surface area contributed by atoms with Crippen LogP contribution in [0.15, 0.2) is 70.3 Å². The van der Waals surface area contributed by atoms with Crippen molar-refractivity contribution in [3.05, 3.63) is 76.5 Å². The van der Waals surface area contributed by atoms with E-state index in [9.17, 15) is 4.39 Å². The van der Waals surface area contributed by atoms with Crippen LogP contribution in [0.2, 0.25) is 0 Å². The minimum atomic E-state index is -0.215. The standard InChI is InChI=1S/C18H12BrFN4S/c19-14-7-5-12(6-8-14)16-9-10-17-21-22-18(24(17)23-16)25-11-13-3-1-2-4-15(13)20/h1-10H,11H2. The SMILES string of the molecule is Fc1ccccc1CSc1nnc2ccc(-c3ccc(Br)cc3)nn12. The Hall–Kier alpha value is -2.25. The van der Waals surface area contributed by atoms with Gasteiger partial charge < -0.3 is 0 Å². The zero-order valence-corrected chi connectivity index (χ0v) is 15.3. The number of aromatic nitrogens is 4. The molecule has 124 valence electrons. The summed E-state index contributed by atoms with van der Waals surface area (Å²) in [6.45, 7) is 0. The van der Waals surface area contributed by atoms with E-state index in [0.29, 0.717) is 22.1 Å². The number of benzene rings is 2. The predicted molar refractivity (Wildman–Crippen MR) is 99.9 cm³/mol. The molecule has 4 nitrogen and oxygen atoms in total. The van der Waals surface area contributed by atoms with Crippen LogP contribution >= 0.6 is 27.7 Å². The van der Waals surface area contributed by atoms with E-state index in [4.69, 9.17) is 0 Å². The van der Waals surface area contributed by atoms with Gasteiger partial charge in [-0.15, -0.1) is 10.2 Å². The maximum Gasteiger partial charge on any atom is 0.212 e. The Kier molecular flexibility index (Phi) is 4.50. The van der Waals surface area contributed by atoms with Gasteiger partial charge in [-0.3, -0.25) is 0 Å². The summed E-state index contributed by atoms with van der Waals surface area (Å²) in [6.07, 6.45) is 0. The molecule has 0 amide bonds. The molecule has 7 heteroatoms. The minimum Gasteiger partial charge on any atom is -0.207 e. The van der Waals surface area contributed by atoms with Crippen LogP contribution in [0.5, 0.6) is 0 Å². The van der Waals surface area contributed by atoms with E-state index in [0.717, 1.165) is 15.7 Å². The van der Waals surface area contributed by atoms with Gasteiger partial charge in [0.1, 0.15) is 5.82 Å². The molecule has 0 fully saturated rings. The molecule has 0 unspecified atom stereocenters. The molecule has 2 aromatic carbocycles. The Balaban J connectivity index is 1.64. The molecule has 0 saturated carbocycles. The first-order valence-electron chi connectivity index (χ1n) is 7.55. The van der Waals surface area contributed by atoms with Crippen molar-refractivity contribution in [2.45, 2.75) is 10.9 Å². The monoisotopic (exact) mass is 414 g/mol. The van der Waals surface area contributed by atoms with Gasteiger partial charge in [-0.25, -0.2) is 4.39 Å². The fraction of sp³-hybridized carbons (Fsp3) is 0.0556. The van der Waals surface area contributed by atoms with Gasteiger partial charge in [0.05, 0.1) is 5.69 Å². The Labute approximate surface area is 156 Å². The van der Waals surface area contributed by atoms with Crippen LogP contribution in [0.25, 0.3) is 16.9 Å². The van der Waals surface area contributed by atoms with Crippen molar-refractivity contribution < 1.29 is 4.39 Å². The van der Waals surface area contributed by atoms with Crippen LogP contribution in [0.3, 0.4) is 0 Å². The van der Waals surface area contributed by atoms with Crippen LogP contribution in [0.1, 0.15) is 5.56 Å². The van der Waals surface area contributed by atoms with Crippen LogP contribution in [0.4, 0.5) is 4.39 Å². The normalized spacial score (nSPS) is 11.1. The summed E-state index contributed by atoms with van der Waals surface area (Å²) >= 11 is 4.84. The van der Waals surface area contributed by atoms with E-state index in [1.165, 1.54) is 17.8 Å². The highest BCUT2D eigenvalue weighted by molar-refractivity contribution is 9.10. The van der Waals surface area contributed by atoms with E-state index >= 15 is 0 Å². The molecule has 4 aromatic rings. The Morgan fingerprint density at radius 3 is 2.56 bits per heavy atom. The Bertz CT molecular complexity index is 1030. The number of nitrogens with zero attached hydrogens (tertiary/aromatic N) is 4. The fourth-order valence-electron chi connectivity index (χ4n) is 2.39. The average molecular weight is 415 g/mol. The molecule has 4 rings (SSSR count). The first-order chi connectivity index (χ1) is 12.2. The summed E-state index contributed by atoms with van der Waals surface area (Å²) in [6, 6.07) is 18.5. The number of hydrogen-bond acceptors (Lipinski definition) is 4. The first kappa shape index (κ1) is 16.2. The van der Waals surface area contributed by atoms with Gasteiger partial charge in [-0.1, -0.05) is 58.0 Å². The zero-order chi connectivity index (χ0) is 17.2. The molecule has 2 heterocycles. The number of halogens is 2. The lowest BCUT2D eigenvalue weighted by Gasteiger charge is -2.04. The molecule has 0 N–H and O–H groups in total. The molecule has 0 aliphatic carbocycles. The minimum absolute atomic E-state index is 0.215. The van der Waals surface area contributed by atoms with Crippen molar-refractivity contribution >= 4 is 33.3 Å². The highest BCUT2D eigenvalue weighted by Crippen LogP contribution is 2.25. The molecule has 0 spiro atoms. The van der Waals surface area contributed by atoms with Crippen LogP contribution in [0, 0.1) is 5.82 Å². The second kappa shape index (κ2) is 6.93. The molecular formula is C18H12BrFN4S. The molecule has 25 heavy (non-hydrogen) atoms. The third-order valence-electron chi connectivity index (χ3n) is 3.69. The van der Waals surface area contributed by atoms with Crippen LogP contribution in [-0.2, 0) is 5.75 Å². The predicted octanol–water partition coefficient (Wildman–Crippen LogP) is 4.99. The summed E-state index contributed by atoms with van der Waals surface area (Å²) in [7, 11) is 0. The maximum atomic E-state index is 13.8.